The molecule has 0 aliphatic rings. The number of para-hydroxylation sites is 2. The van der Waals surface area contributed by atoms with Crippen LogP contribution in [-0.4, -0.2) is 30.8 Å². The summed E-state index contributed by atoms with van der Waals surface area (Å²) in [5.41, 5.74) is 4.38. The first-order valence-electron chi connectivity index (χ1n) is 10.7. The quantitative estimate of drug-likeness (QED) is 0.339. The van der Waals surface area contributed by atoms with Gasteiger partial charge in [0.05, 0.1) is 15.9 Å². The number of carbonyl (C=O) groups is 1. The maximum Gasteiger partial charge on any atom is 0.261 e. The van der Waals surface area contributed by atoms with Crippen molar-refractivity contribution in [1.29, 1.82) is 0 Å². The molecule has 4 aromatic rings. The van der Waals surface area contributed by atoms with Crippen molar-refractivity contribution in [2.45, 2.75) is 31.6 Å². The van der Waals surface area contributed by atoms with Gasteiger partial charge in [-0.3, -0.25) is 9.52 Å². The zero-order chi connectivity index (χ0) is 23.4. The highest BCUT2D eigenvalue weighted by Crippen LogP contribution is 2.20. The van der Waals surface area contributed by atoms with Crippen LogP contribution in [0.5, 0.6) is 0 Å². The fraction of sp³-hybridized carbons (Fsp3) is 0.200. The van der Waals surface area contributed by atoms with E-state index in [0.29, 0.717) is 36.2 Å². The molecule has 1 aromatic heterocycles. The third-order valence-electron chi connectivity index (χ3n) is 5.35. The summed E-state index contributed by atoms with van der Waals surface area (Å²) in [7, 11) is -3.82. The van der Waals surface area contributed by atoms with Crippen molar-refractivity contribution in [2.75, 3.05) is 11.3 Å². The van der Waals surface area contributed by atoms with Crippen LogP contribution >= 0.6 is 0 Å². The average molecular weight is 463 g/mol. The summed E-state index contributed by atoms with van der Waals surface area (Å²) in [6.07, 6.45) is 1.40. The lowest BCUT2D eigenvalue weighted by molar-refractivity contribution is 0.0952. The molecule has 0 bridgehead atoms. The van der Waals surface area contributed by atoms with Crippen molar-refractivity contribution in [3.63, 3.8) is 0 Å². The molecule has 3 N–H and O–H groups in total. The Morgan fingerprint density at radius 2 is 1.82 bits per heavy atom. The molecule has 0 fully saturated rings. The van der Waals surface area contributed by atoms with E-state index in [1.165, 1.54) is 12.1 Å². The smallest absolute Gasteiger partial charge is 0.261 e. The number of fused-ring (bicyclic) bond motifs is 1. The molecule has 0 unspecified atom stereocenters. The lowest BCUT2D eigenvalue weighted by Crippen LogP contribution is -2.26. The van der Waals surface area contributed by atoms with Crippen LogP contribution in [-0.2, 0) is 16.4 Å². The summed E-state index contributed by atoms with van der Waals surface area (Å²) in [5.74, 6) is 0.571. The normalized spacial score (nSPS) is 11.5. The molecule has 1 amide bonds. The van der Waals surface area contributed by atoms with Gasteiger partial charge in [0.2, 0.25) is 0 Å². The van der Waals surface area contributed by atoms with Gasteiger partial charge in [0.15, 0.2) is 0 Å². The summed E-state index contributed by atoms with van der Waals surface area (Å²) < 4.78 is 28.2. The molecule has 4 rings (SSSR count). The number of imidazole rings is 1. The average Bonchev–Trinajstić information content (AvgIpc) is 3.19. The Balaban J connectivity index is 1.39. The lowest BCUT2D eigenvalue weighted by atomic mass is 10.1. The van der Waals surface area contributed by atoms with Crippen LogP contribution in [0, 0.1) is 13.8 Å². The second-order valence-corrected chi connectivity index (χ2v) is 9.69. The number of aromatic nitrogens is 2. The molecule has 0 saturated heterocycles. The number of hydrogen-bond acceptors (Lipinski definition) is 4. The number of H-pyrrole nitrogens is 1. The second kappa shape index (κ2) is 9.46. The Bertz CT molecular complexity index is 1380. The maximum atomic E-state index is 12.8. The number of amides is 1. The SMILES string of the molecule is Cc1cccc(NS(=O)(=O)c2ccc(C)c(C(=O)NCCCc3nc4ccccc4[nH]3)c2)c1. The third-order valence-corrected chi connectivity index (χ3v) is 6.73. The Morgan fingerprint density at radius 1 is 1.00 bits per heavy atom. The van der Waals surface area contributed by atoms with Crippen LogP contribution in [0.4, 0.5) is 5.69 Å². The van der Waals surface area contributed by atoms with Crippen molar-refractivity contribution in [2.24, 2.45) is 0 Å². The summed E-state index contributed by atoms with van der Waals surface area (Å²) in [4.78, 5) is 20.6. The number of hydrogen-bond donors (Lipinski definition) is 3. The van der Waals surface area contributed by atoms with E-state index in [9.17, 15) is 13.2 Å². The van der Waals surface area contributed by atoms with Crippen molar-refractivity contribution < 1.29 is 13.2 Å². The zero-order valence-corrected chi connectivity index (χ0v) is 19.4. The number of rotatable bonds is 8. The molecule has 0 aliphatic heterocycles. The minimum atomic E-state index is -3.82. The van der Waals surface area contributed by atoms with Gasteiger partial charge >= 0.3 is 0 Å². The number of benzene rings is 3. The first-order valence-corrected chi connectivity index (χ1v) is 12.2. The number of sulfonamides is 1. The molecule has 0 atom stereocenters. The van der Waals surface area contributed by atoms with E-state index in [2.05, 4.69) is 20.0 Å². The number of nitrogens with zero attached hydrogens (tertiary/aromatic N) is 1. The first kappa shape index (κ1) is 22.5. The van der Waals surface area contributed by atoms with E-state index in [1.54, 1.807) is 31.2 Å². The number of aromatic amines is 1. The molecular formula is C25H26N4O3S. The fourth-order valence-electron chi connectivity index (χ4n) is 3.61. The minimum absolute atomic E-state index is 0.0435. The van der Waals surface area contributed by atoms with Crippen molar-refractivity contribution >= 4 is 32.7 Å². The molecule has 0 aliphatic carbocycles. The topological polar surface area (TPSA) is 104 Å². The Labute approximate surface area is 193 Å². The summed E-state index contributed by atoms with van der Waals surface area (Å²) >= 11 is 0. The van der Waals surface area contributed by atoms with Gasteiger partial charge in [-0.15, -0.1) is 0 Å². The van der Waals surface area contributed by atoms with E-state index < -0.39 is 10.0 Å². The Morgan fingerprint density at radius 3 is 2.61 bits per heavy atom. The number of anilines is 1. The molecule has 0 saturated carbocycles. The molecule has 33 heavy (non-hydrogen) atoms. The molecule has 170 valence electrons. The third kappa shape index (κ3) is 5.40. The highest BCUT2D eigenvalue weighted by molar-refractivity contribution is 7.92. The van der Waals surface area contributed by atoms with Crippen LogP contribution in [0.3, 0.4) is 0 Å². The van der Waals surface area contributed by atoms with Crippen LogP contribution in [0.25, 0.3) is 11.0 Å². The van der Waals surface area contributed by atoms with E-state index in [4.69, 9.17) is 0 Å². The van der Waals surface area contributed by atoms with E-state index in [1.807, 2.05) is 37.3 Å². The standard InChI is InChI=1S/C25H26N4O3S/c1-17-7-5-8-19(15-17)29-33(31,32)20-13-12-18(2)21(16-20)25(30)26-14-6-11-24-27-22-9-3-4-10-23(22)28-24/h3-5,7-10,12-13,15-16,29H,6,11,14H2,1-2H3,(H,26,30)(H,27,28). The second-order valence-electron chi connectivity index (χ2n) is 8.01. The molecule has 7 nitrogen and oxygen atoms in total. The van der Waals surface area contributed by atoms with Gasteiger partial charge in [0.25, 0.3) is 15.9 Å². The molecule has 0 radical (unpaired) electrons. The summed E-state index contributed by atoms with van der Waals surface area (Å²) in [6.45, 7) is 4.13. The zero-order valence-electron chi connectivity index (χ0n) is 18.6. The maximum absolute atomic E-state index is 12.8. The van der Waals surface area contributed by atoms with Gasteiger partial charge in [-0.25, -0.2) is 13.4 Å². The molecule has 8 heteroatoms. The predicted octanol–water partition coefficient (Wildman–Crippen LogP) is 4.34. The van der Waals surface area contributed by atoms with Gasteiger partial charge in [-0.2, -0.15) is 0 Å². The fourth-order valence-corrected chi connectivity index (χ4v) is 4.69. The van der Waals surface area contributed by atoms with Gasteiger partial charge in [0, 0.05) is 24.2 Å². The lowest BCUT2D eigenvalue weighted by Gasteiger charge is -2.12. The van der Waals surface area contributed by atoms with Gasteiger partial charge in [0.1, 0.15) is 5.82 Å². The van der Waals surface area contributed by atoms with Crippen molar-refractivity contribution in [3.05, 3.63) is 89.2 Å². The van der Waals surface area contributed by atoms with Crippen LogP contribution in [0.2, 0.25) is 0 Å². The predicted molar refractivity (Wildman–Crippen MR) is 130 cm³/mol. The summed E-state index contributed by atoms with van der Waals surface area (Å²) in [6, 6.07) is 19.5. The largest absolute Gasteiger partial charge is 0.352 e. The summed E-state index contributed by atoms with van der Waals surface area (Å²) in [5, 5.41) is 2.88. The van der Waals surface area contributed by atoms with Gasteiger partial charge < -0.3 is 10.3 Å². The van der Waals surface area contributed by atoms with E-state index >= 15 is 0 Å². The monoisotopic (exact) mass is 462 g/mol. The number of aryl methyl sites for hydroxylation is 3. The van der Waals surface area contributed by atoms with Crippen LogP contribution < -0.4 is 10.0 Å². The van der Waals surface area contributed by atoms with Gasteiger partial charge in [-0.1, -0.05) is 30.3 Å². The number of carbonyl (C=O) groups excluding carboxylic acids is 1. The molecule has 0 spiro atoms. The molecule has 1 heterocycles. The Hall–Kier alpha value is -3.65. The minimum Gasteiger partial charge on any atom is -0.352 e. The van der Waals surface area contributed by atoms with E-state index in [-0.39, 0.29) is 10.8 Å². The van der Waals surface area contributed by atoms with Crippen LogP contribution in [0.1, 0.15) is 33.7 Å². The van der Waals surface area contributed by atoms with Crippen molar-refractivity contribution in [3.8, 4) is 0 Å². The van der Waals surface area contributed by atoms with Crippen LogP contribution in [0.15, 0.2) is 71.6 Å². The van der Waals surface area contributed by atoms with Gasteiger partial charge in [-0.05, 0) is 67.8 Å². The molecular weight excluding hydrogens is 436 g/mol. The Kier molecular flexibility index (Phi) is 6.46. The first-order chi connectivity index (χ1) is 15.8. The number of nitrogens with one attached hydrogen (secondary N) is 3. The van der Waals surface area contributed by atoms with E-state index in [0.717, 1.165) is 22.4 Å². The highest BCUT2D eigenvalue weighted by Gasteiger charge is 2.18. The van der Waals surface area contributed by atoms with Crippen molar-refractivity contribution in [1.82, 2.24) is 15.3 Å². The highest BCUT2D eigenvalue weighted by atomic mass is 32.2. The molecule has 3 aromatic carbocycles.